The molecule has 0 saturated heterocycles. The number of benzene rings is 4. The number of allylic oxidation sites excluding steroid dienone is 2. The van der Waals surface area contributed by atoms with Crippen molar-refractivity contribution in [3.8, 4) is 22.3 Å². The lowest BCUT2D eigenvalue weighted by atomic mass is 9.83. The van der Waals surface area contributed by atoms with Crippen LogP contribution in [0.3, 0.4) is 0 Å². The number of aryl methyl sites for hydroxylation is 1. The van der Waals surface area contributed by atoms with Crippen LogP contribution < -0.4 is 0 Å². The molecule has 134 valence electrons. The smallest absolute Gasteiger partial charge is 0.00264 e. The van der Waals surface area contributed by atoms with Crippen LogP contribution in [0.25, 0.3) is 45.2 Å². The van der Waals surface area contributed by atoms with E-state index in [1.54, 1.807) is 0 Å². The van der Waals surface area contributed by atoms with Crippen molar-refractivity contribution in [1.82, 2.24) is 0 Å². The first-order valence-electron chi connectivity index (χ1n) is 9.87. The number of hydrogen-bond donors (Lipinski definition) is 0. The highest BCUT2D eigenvalue weighted by atomic mass is 14.2. The third-order valence-electron chi connectivity index (χ3n) is 5.51. The minimum Gasteiger partial charge on any atom is -0.0801 e. The highest BCUT2D eigenvalue weighted by molar-refractivity contribution is 6.12. The molecule has 4 aromatic carbocycles. The molecule has 4 aromatic rings. The van der Waals surface area contributed by atoms with Gasteiger partial charge in [-0.25, -0.2) is 0 Å². The summed E-state index contributed by atoms with van der Waals surface area (Å²) in [5, 5.41) is 2.64. The van der Waals surface area contributed by atoms with Crippen LogP contribution in [0.1, 0.15) is 23.1 Å². The molecule has 0 atom stereocenters. The van der Waals surface area contributed by atoms with Gasteiger partial charge < -0.3 is 0 Å². The minimum atomic E-state index is 0.965. The summed E-state index contributed by atoms with van der Waals surface area (Å²) in [4.78, 5) is 0. The molecule has 1 aliphatic carbocycles. The fraction of sp³-hybridized carbons (Fsp3) is 0.0714. The van der Waals surface area contributed by atoms with Crippen LogP contribution in [0, 0.1) is 6.92 Å². The monoisotopic (exact) mass is 358 g/mol. The third kappa shape index (κ3) is 2.78. The molecule has 0 aliphatic heterocycles. The lowest BCUT2D eigenvalue weighted by Gasteiger charge is -2.20. The lowest BCUT2D eigenvalue weighted by Crippen LogP contribution is -1.96. The van der Waals surface area contributed by atoms with Crippen molar-refractivity contribution in [3.05, 3.63) is 108 Å². The molecule has 0 aromatic heterocycles. The summed E-state index contributed by atoms with van der Waals surface area (Å²) in [6.45, 7) is 2.18. The number of fused-ring (bicyclic) bond motifs is 2. The molecule has 0 spiro atoms. The summed E-state index contributed by atoms with van der Waals surface area (Å²) in [5.41, 5.74) is 9.12. The van der Waals surface area contributed by atoms with E-state index in [0.717, 1.165) is 6.42 Å². The van der Waals surface area contributed by atoms with E-state index in [4.69, 9.17) is 0 Å². The highest BCUT2D eigenvalue weighted by Gasteiger charge is 2.19. The Balaban J connectivity index is 2.01. The van der Waals surface area contributed by atoms with E-state index < -0.39 is 0 Å². The maximum Gasteiger partial charge on any atom is -0.00264 e. The molecule has 0 unspecified atom stereocenters. The van der Waals surface area contributed by atoms with Gasteiger partial charge in [-0.15, -0.1) is 0 Å². The number of rotatable bonds is 2. The van der Waals surface area contributed by atoms with Crippen molar-refractivity contribution in [3.63, 3.8) is 0 Å². The predicted molar refractivity (Wildman–Crippen MR) is 122 cm³/mol. The Bertz CT molecular complexity index is 1210. The van der Waals surface area contributed by atoms with Crippen LogP contribution in [-0.2, 0) is 0 Å². The molecule has 0 radical (unpaired) electrons. The van der Waals surface area contributed by atoms with Gasteiger partial charge in [0.2, 0.25) is 0 Å². The Hall–Kier alpha value is -3.38. The molecule has 1 aliphatic rings. The van der Waals surface area contributed by atoms with Gasteiger partial charge >= 0.3 is 0 Å². The van der Waals surface area contributed by atoms with Gasteiger partial charge in [0.15, 0.2) is 0 Å². The van der Waals surface area contributed by atoms with Gasteiger partial charge in [-0.1, -0.05) is 109 Å². The molecule has 0 saturated carbocycles. The van der Waals surface area contributed by atoms with Gasteiger partial charge in [0, 0.05) is 0 Å². The first-order valence-corrected chi connectivity index (χ1v) is 9.87. The van der Waals surface area contributed by atoms with E-state index >= 15 is 0 Å². The van der Waals surface area contributed by atoms with Crippen molar-refractivity contribution >= 4 is 22.9 Å². The molecule has 28 heavy (non-hydrogen) atoms. The fourth-order valence-electron chi connectivity index (χ4n) is 4.27. The van der Waals surface area contributed by atoms with Gasteiger partial charge in [-0.05, 0) is 57.5 Å². The Morgan fingerprint density at radius 2 is 1.11 bits per heavy atom. The molecule has 0 amide bonds. The van der Waals surface area contributed by atoms with Crippen LogP contribution in [0.2, 0.25) is 0 Å². The SMILES string of the molecule is Cc1ccc2c(-c3ccccc3)c3c(c(-c4ccccc4)c2c1)C=CCC=C3. The maximum absolute atomic E-state index is 2.34. The van der Waals surface area contributed by atoms with Gasteiger partial charge in [-0.3, -0.25) is 0 Å². The van der Waals surface area contributed by atoms with E-state index in [1.165, 1.54) is 49.7 Å². The second-order valence-electron chi connectivity index (χ2n) is 7.40. The summed E-state index contributed by atoms with van der Waals surface area (Å²) < 4.78 is 0. The minimum absolute atomic E-state index is 0.965. The summed E-state index contributed by atoms with van der Waals surface area (Å²) in [5.74, 6) is 0. The van der Waals surface area contributed by atoms with Crippen LogP contribution in [0.5, 0.6) is 0 Å². The first kappa shape index (κ1) is 16.8. The predicted octanol–water partition coefficient (Wildman–Crippen LogP) is 7.91. The van der Waals surface area contributed by atoms with E-state index in [-0.39, 0.29) is 0 Å². The Labute approximate surface area is 166 Å². The Kier molecular flexibility index (Phi) is 4.18. The average molecular weight is 358 g/mol. The average Bonchev–Trinajstić information content (AvgIpc) is 2.99. The summed E-state index contributed by atoms with van der Waals surface area (Å²) in [6.07, 6.45) is 10.1. The second kappa shape index (κ2) is 6.98. The van der Waals surface area contributed by atoms with Crippen LogP contribution in [0.15, 0.2) is 91.0 Å². The summed E-state index contributed by atoms with van der Waals surface area (Å²) in [7, 11) is 0. The first-order chi connectivity index (χ1) is 13.8. The normalized spacial score (nSPS) is 12.8. The van der Waals surface area contributed by atoms with Crippen LogP contribution >= 0.6 is 0 Å². The van der Waals surface area contributed by atoms with Gasteiger partial charge in [0.25, 0.3) is 0 Å². The van der Waals surface area contributed by atoms with Crippen molar-refractivity contribution in [2.75, 3.05) is 0 Å². The zero-order valence-electron chi connectivity index (χ0n) is 16.0. The van der Waals surface area contributed by atoms with E-state index in [9.17, 15) is 0 Å². The zero-order valence-corrected chi connectivity index (χ0v) is 16.0. The van der Waals surface area contributed by atoms with Crippen LogP contribution in [0.4, 0.5) is 0 Å². The fourth-order valence-corrected chi connectivity index (χ4v) is 4.27. The topological polar surface area (TPSA) is 0 Å². The second-order valence-corrected chi connectivity index (χ2v) is 7.40. The van der Waals surface area contributed by atoms with Crippen molar-refractivity contribution in [2.45, 2.75) is 13.3 Å². The van der Waals surface area contributed by atoms with Crippen molar-refractivity contribution in [2.24, 2.45) is 0 Å². The number of hydrogen-bond acceptors (Lipinski definition) is 0. The quantitative estimate of drug-likeness (QED) is 0.341. The summed E-state index contributed by atoms with van der Waals surface area (Å²) >= 11 is 0. The molecule has 0 fully saturated rings. The van der Waals surface area contributed by atoms with Gasteiger partial charge in [0.05, 0.1) is 0 Å². The zero-order chi connectivity index (χ0) is 18.9. The van der Waals surface area contributed by atoms with Crippen LogP contribution in [-0.4, -0.2) is 0 Å². The highest BCUT2D eigenvalue weighted by Crippen LogP contribution is 2.44. The molecule has 0 nitrogen and oxygen atoms in total. The van der Waals surface area contributed by atoms with E-state index in [2.05, 4.69) is 110 Å². The molecule has 0 heteroatoms. The van der Waals surface area contributed by atoms with E-state index in [1.807, 2.05) is 0 Å². The summed E-state index contributed by atoms with van der Waals surface area (Å²) in [6, 6.07) is 28.4. The molecule has 0 N–H and O–H groups in total. The molecular weight excluding hydrogens is 336 g/mol. The van der Waals surface area contributed by atoms with Gasteiger partial charge in [-0.2, -0.15) is 0 Å². The van der Waals surface area contributed by atoms with Crippen molar-refractivity contribution < 1.29 is 0 Å². The Morgan fingerprint density at radius 1 is 0.571 bits per heavy atom. The van der Waals surface area contributed by atoms with Gasteiger partial charge in [0.1, 0.15) is 0 Å². The molecular formula is C28H22. The third-order valence-corrected chi connectivity index (χ3v) is 5.51. The lowest BCUT2D eigenvalue weighted by molar-refractivity contribution is 1.44. The molecule has 0 heterocycles. The van der Waals surface area contributed by atoms with E-state index in [0.29, 0.717) is 0 Å². The standard InChI is InChI=1S/C28H22/c1-20-17-18-25-26(19-20)28(22-13-7-3-8-14-22)24-16-10-4-9-15-23(24)27(25)21-11-5-2-6-12-21/h2-3,5-19H,4H2,1H3. The molecule has 5 rings (SSSR count). The maximum atomic E-state index is 2.34. The molecule has 0 bridgehead atoms. The van der Waals surface area contributed by atoms with Crippen molar-refractivity contribution in [1.29, 1.82) is 0 Å². The largest absolute Gasteiger partial charge is 0.0801 e. The Morgan fingerprint density at radius 3 is 1.68 bits per heavy atom.